The number of benzene rings is 1. The summed E-state index contributed by atoms with van der Waals surface area (Å²) in [4.78, 5) is 0. The van der Waals surface area contributed by atoms with E-state index in [0.717, 1.165) is 19.4 Å². The van der Waals surface area contributed by atoms with E-state index in [1.54, 1.807) is 0 Å². The summed E-state index contributed by atoms with van der Waals surface area (Å²) < 4.78 is 0. The van der Waals surface area contributed by atoms with Crippen molar-refractivity contribution in [1.82, 2.24) is 0 Å². The molecule has 1 aromatic carbocycles. The highest BCUT2D eigenvalue weighted by atomic mass is 14.5. The first-order chi connectivity index (χ1) is 8.01. The van der Waals surface area contributed by atoms with Crippen LogP contribution in [0.3, 0.4) is 0 Å². The van der Waals surface area contributed by atoms with Crippen molar-refractivity contribution >= 4 is 0 Å². The van der Waals surface area contributed by atoms with Gasteiger partial charge in [-0.1, -0.05) is 39.0 Å². The predicted molar refractivity (Wildman–Crippen MR) is 76.5 cm³/mol. The molecule has 0 aliphatic heterocycles. The third-order valence-corrected chi connectivity index (χ3v) is 3.83. The first-order valence-electron chi connectivity index (χ1n) is 6.81. The van der Waals surface area contributed by atoms with Gasteiger partial charge >= 0.3 is 0 Å². The van der Waals surface area contributed by atoms with E-state index < -0.39 is 0 Å². The van der Waals surface area contributed by atoms with E-state index in [-0.39, 0.29) is 5.41 Å². The molecule has 0 saturated carbocycles. The molecule has 0 unspecified atom stereocenters. The summed E-state index contributed by atoms with van der Waals surface area (Å²) in [6, 6.07) is 6.93. The number of aryl methyl sites for hydroxylation is 2. The summed E-state index contributed by atoms with van der Waals surface area (Å²) in [6.07, 6.45) is 4.66. The van der Waals surface area contributed by atoms with Crippen LogP contribution in [0.2, 0.25) is 0 Å². The molecule has 1 rings (SSSR count). The maximum absolute atomic E-state index is 5.54. The van der Waals surface area contributed by atoms with E-state index in [0.29, 0.717) is 0 Å². The van der Waals surface area contributed by atoms with Crippen molar-refractivity contribution in [3.63, 3.8) is 0 Å². The van der Waals surface area contributed by atoms with Crippen molar-refractivity contribution in [3.8, 4) is 0 Å². The van der Waals surface area contributed by atoms with E-state index in [2.05, 4.69) is 45.9 Å². The first-order valence-corrected chi connectivity index (χ1v) is 6.81. The van der Waals surface area contributed by atoms with Crippen LogP contribution >= 0.6 is 0 Å². The Hall–Kier alpha value is -0.820. The molecule has 0 amide bonds. The zero-order valence-electron chi connectivity index (χ0n) is 11.8. The average Bonchev–Trinajstić information content (AvgIpc) is 2.31. The summed E-state index contributed by atoms with van der Waals surface area (Å²) >= 11 is 0. The molecule has 0 radical (unpaired) electrons. The lowest BCUT2D eigenvalue weighted by atomic mass is 9.79. The van der Waals surface area contributed by atoms with Crippen LogP contribution in [0.4, 0.5) is 0 Å². The highest BCUT2D eigenvalue weighted by Gasteiger charge is 2.20. The van der Waals surface area contributed by atoms with E-state index in [1.165, 1.54) is 29.5 Å². The Bertz CT molecular complexity index is 353. The van der Waals surface area contributed by atoms with Crippen LogP contribution in [0, 0.1) is 6.92 Å². The van der Waals surface area contributed by atoms with E-state index in [4.69, 9.17) is 5.73 Å². The standard InChI is InChI=1S/C16H27N/c1-5-16(3,4)15-12-14(8-6-7-11-17)10-9-13(15)2/h9-10,12H,5-8,11,17H2,1-4H3. The van der Waals surface area contributed by atoms with Crippen molar-refractivity contribution in [2.24, 2.45) is 5.73 Å². The fraction of sp³-hybridized carbons (Fsp3) is 0.625. The summed E-state index contributed by atoms with van der Waals surface area (Å²) in [7, 11) is 0. The molecule has 0 saturated heterocycles. The second-order valence-corrected chi connectivity index (χ2v) is 5.63. The minimum absolute atomic E-state index is 0.286. The molecule has 96 valence electrons. The number of unbranched alkanes of at least 4 members (excludes halogenated alkanes) is 1. The van der Waals surface area contributed by atoms with Gasteiger partial charge in [0.15, 0.2) is 0 Å². The maximum atomic E-state index is 5.54. The molecular formula is C16H27N. The third kappa shape index (κ3) is 3.85. The molecule has 2 N–H and O–H groups in total. The second-order valence-electron chi connectivity index (χ2n) is 5.63. The molecule has 0 aliphatic rings. The van der Waals surface area contributed by atoms with Crippen LogP contribution in [-0.2, 0) is 11.8 Å². The molecule has 1 aromatic rings. The van der Waals surface area contributed by atoms with Gasteiger partial charge in [0.05, 0.1) is 0 Å². The normalized spacial score (nSPS) is 11.8. The molecule has 1 nitrogen and oxygen atoms in total. The Labute approximate surface area is 106 Å². The molecule has 0 bridgehead atoms. The van der Waals surface area contributed by atoms with Gasteiger partial charge in [-0.05, 0) is 61.3 Å². The number of nitrogens with two attached hydrogens (primary N) is 1. The molecule has 0 aliphatic carbocycles. The van der Waals surface area contributed by atoms with Gasteiger partial charge in [0.1, 0.15) is 0 Å². The van der Waals surface area contributed by atoms with Crippen LogP contribution in [0.25, 0.3) is 0 Å². The lowest BCUT2D eigenvalue weighted by Crippen LogP contribution is -2.17. The lowest BCUT2D eigenvalue weighted by molar-refractivity contribution is 0.502. The zero-order chi connectivity index (χ0) is 12.9. The number of rotatable bonds is 6. The fourth-order valence-corrected chi connectivity index (χ4v) is 2.22. The van der Waals surface area contributed by atoms with Gasteiger partial charge in [0, 0.05) is 0 Å². The van der Waals surface area contributed by atoms with Crippen LogP contribution in [0.1, 0.15) is 56.7 Å². The van der Waals surface area contributed by atoms with Crippen molar-refractivity contribution in [2.75, 3.05) is 6.54 Å². The molecule has 0 fully saturated rings. The smallest absolute Gasteiger partial charge is 0.00772 e. The largest absolute Gasteiger partial charge is 0.330 e. The fourth-order valence-electron chi connectivity index (χ4n) is 2.22. The molecule has 17 heavy (non-hydrogen) atoms. The molecular weight excluding hydrogens is 206 g/mol. The van der Waals surface area contributed by atoms with Gasteiger partial charge in [-0.25, -0.2) is 0 Å². The van der Waals surface area contributed by atoms with Crippen LogP contribution < -0.4 is 5.73 Å². The molecule has 1 heteroatoms. The van der Waals surface area contributed by atoms with E-state index in [1.807, 2.05) is 0 Å². The van der Waals surface area contributed by atoms with Crippen LogP contribution in [0.5, 0.6) is 0 Å². The summed E-state index contributed by atoms with van der Waals surface area (Å²) in [5.74, 6) is 0. The Morgan fingerprint density at radius 2 is 1.88 bits per heavy atom. The van der Waals surface area contributed by atoms with Gasteiger partial charge in [-0.3, -0.25) is 0 Å². The van der Waals surface area contributed by atoms with Crippen molar-refractivity contribution in [2.45, 2.75) is 58.8 Å². The van der Waals surface area contributed by atoms with E-state index >= 15 is 0 Å². The Morgan fingerprint density at radius 1 is 1.18 bits per heavy atom. The lowest BCUT2D eigenvalue weighted by Gasteiger charge is -2.26. The molecule has 0 atom stereocenters. The monoisotopic (exact) mass is 233 g/mol. The van der Waals surface area contributed by atoms with Gasteiger partial charge < -0.3 is 5.73 Å². The average molecular weight is 233 g/mol. The summed E-state index contributed by atoms with van der Waals surface area (Å²) in [5.41, 5.74) is 10.2. The molecule has 0 heterocycles. The highest BCUT2D eigenvalue weighted by molar-refractivity contribution is 5.36. The third-order valence-electron chi connectivity index (χ3n) is 3.83. The van der Waals surface area contributed by atoms with Crippen molar-refractivity contribution < 1.29 is 0 Å². The Morgan fingerprint density at radius 3 is 2.47 bits per heavy atom. The van der Waals surface area contributed by atoms with Crippen molar-refractivity contribution in [3.05, 3.63) is 34.9 Å². The van der Waals surface area contributed by atoms with Gasteiger partial charge in [0.2, 0.25) is 0 Å². The highest BCUT2D eigenvalue weighted by Crippen LogP contribution is 2.30. The maximum Gasteiger partial charge on any atom is -0.00772 e. The van der Waals surface area contributed by atoms with E-state index in [9.17, 15) is 0 Å². The SMILES string of the molecule is CCC(C)(C)c1cc(CCCCN)ccc1C. The second kappa shape index (κ2) is 6.20. The van der Waals surface area contributed by atoms with Crippen LogP contribution in [-0.4, -0.2) is 6.54 Å². The Balaban J connectivity index is 2.87. The first kappa shape index (κ1) is 14.2. The zero-order valence-corrected chi connectivity index (χ0v) is 11.8. The van der Waals surface area contributed by atoms with Crippen LogP contribution in [0.15, 0.2) is 18.2 Å². The van der Waals surface area contributed by atoms with Crippen molar-refractivity contribution in [1.29, 1.82) is 0 Å². The Kier molecular flexibility index (Phi) is 5.20. The van der Waals surface area contributed by atoms with Gasteiger partial charge in [-0.15, -0.1) is 0 Å². The minimum Gasteiger partial charge on any atom is -0.330 e. The quantitative estimate of drug-likeness (QED) is 0.739. The summed E-state index contributed by atoms with van der Waals surface area (Å²) in [6.45, 7) is 9.95. The minimum atomic E-state index is 0.286. The molecule has 0 spiro atoms. The number of hydrogen-bond acceptors (Lipinski definition) is 1. The number of hydrogen-bond donors (Lipinski definition) is 1. The molecule has 0 aromatic heterocycles. The van der Waals surface area contributed by atoms with Gasteiger partial charge in [-0.2, -0.15) is 0 Å². The summed E-state index contributed by atoms with van der Waals surface area (Å²) in [5, 5.41) is 0. The topological polar surface area (TPSA) is 26.0 Å². The van der Waals surface area contributed by atoms with Gasteiger partial charge in [0.25, 0.3) is 0 Å². The predicted octanol–water partition coefficient (Wildman–Crippen LogP) is 3.96.